The summed E-state index contributed by atoms with van der Waals surface area (Å²) in [7, 11) is 0. The summed E-state index contributed by atoms with van der Waals surface area (Å²) in [4.78, 5) is 26.5. The number of likely N-dealkylation sites (tertiary alicyclic amines) is 1. The molecule has 206 valence electrons. The molecule has 2 heterocycles. The van der Waals surface area contributed by atoms with Crippen LogP contribution in [0.5, 0.6) is 5.75 Å². The van der Waals surface area contributed by atoms with Gasteiger partial charge in [-0.1, -0.05) is 31.2 Å². The summed E-state index contributed by atoms with van der Waals surface area (Å²) in [5.41, 5.74) is 3.61. The predicted octanol–water partition coefficient (Wildman–Crippen LogP) is 3.17. The molecule has 0 unspecified atom stereocenters. The minimum atomic E-state index is -0.882. The van der Waals surface area contributed by atoms with Crippen LogP contribution in [-0.4, -0.2) is 59.2 Å². The Bertz CT molecular complexity index is 1250. The second kappa shape index (κ2) is 11.8. The van der Waals surface area contributed by atoms with Gasteiger partial charge in [-0.25, -0.2) is 0 Å². The summed E-state index contributed by atoms with van der Waals surface area (Å²) in [5, 5.41) is 27.3. The van der Waals surface area contributed by atoms with E-state index in [2.05, 4.69) is 41.8 Å². The molecule has 39 heavy (non-hydrogen) atoms. The van der Waals surface area contributed by atoms with Gasteiger partial charge in [0.05, 0.1) is 30.3 Å². The smallest absolute Gasteiger partial charge is 0.239 e. The number of aliphatic hydroxyl groups excluding tert-OH is 1. The van der Waals surface area contributed by atoms with Gasteiger partial charge < -0.3 is 25.4 Å². The molecule has 2 amide bonds. The Morgan fingerprint density at radius 2 is 2.08 bits per heavy atom. The summed E-state index contributed by atoms with van der Waals surface area (Å²) < 4.78 is 6.45. The summed E-state index contributed by atoms with van der Waals surface area (Å²) >= 11 is 0. The molecule has 8 nitrogen and oxygen atoms in total. The summed E-state index contributed by atoms with van der Waals surface area (Å²) in [6, 6.07) is 15.2. The molecule has 2 aromatic rings. The second-order valence-electron chi connectivity index (χ2n) is 11.2. The molecule has 2 aliphatic heterocycles. The number of carbonyl (C=O) groups excluding carboxylic acids is 2. The van der Waals surface area contributed by atoms with Crippen LogP contribution in [-0.2, 0) is 22.4 Å². The maximum atomic E-state index is 12.9. The van der Waals surface area contributed by atoms with E-state index in [1.807, 2.05) is 12.1 Å². The molecule has 1 saturated heterocycles. The van der Waals surface area contributed by atoms with Gasteiger partial charge in [0, 0.05) is 37.5 Å². The third-order valence-electron chi connectivity index (χ3n) is 8.43. The number of aliphatic hydroxyl groups is 1. The molecule has 2 fully saturated rings. The normalized spacial score (nSPS) is 20.9. The Kier molecular flexibility index (Phi) is 8.20. The van der Waals surface area contributed by atoms with Crippen molar-refractivity contribution in [3.05, 3.63) is 64.7 Å². The third kappa shape index (κ3) is 6.26. The first-order valence-corrected chi connectivity index (χ1v) is 14.2. The first-order chi connectivity index (χ1) is 18.9. The molecule has 0 radical (unpaired) electrons. The van der Waals surface area contributed by atoms with Crippen molar-refractivity contribution in [3.8, 4) is 11.8 Å². The van der Waals surface area contributed by atoms with E-state index in [1.165, 1.54) is 5.56 Å². The zero-order valence-electron chi connectivity index (χ0n) is 22.6. The number of fused-ring (bicyclic) bond motifs is 1. The van der Waals surface area contributed by atoms with E-state index in [0.717, 1.165) is 55.4 Å². The van der Waals surface area contributed by atoms with Crippen molar-refractivity contribution in [1.82, 2.24) is 15.5 Å². The highest BCUT2D eigenvalue weighted by Crippen LogP contribution is 2.49. The zero-order valence-corrected chi connectivity index (χ0v) is 22.6. The van der Waals surface area contributed by atoms with Gasteiger partial charge in [-0.2, -0.15) is 5.26 Å². The van der Waals surface area contributed by atoms with Crippen molar-refractivity contribution in [1.29, 1.82) is 5.26 Å². The SMILES string of the molecule is CCc1ccc2c(c1)[C@@H](NC[C@@H](O)[C@H](Cc1cccc(C#N)c1)NC(=O)CN1CCCC1=O)CC1(CCC1)O2. The monoisotopic (exact) mass is 530 g/mol. The fraction of sp³-hybridized carbons (Fsp3) is 0.516. The lowest BCUT2D eigenvalue weighted by Gasteiger charge is -2.48. The lowest BCUT2D eigenvalue weighted by molar-refractivity contribution is -0.133. The number of carbonyl (C=O) groups is 2. The highest BCUT2D eigenvalue weighted by atomic mass is 16.5. The number of hydrogen-bond acceptors (Lipinski definition) is 6. The zero-order chi connectivity index (χ0) is 27.4. The van der Waals surface area contributed by atoms with E-state index in [1.54, 1.807) is 17.0 Å². The van der Waals surface area contributed by atoms with Gasteiger partial charge >= 0.3 is 0 Å². The van der Waals surface area contributed by atoms with Crippen molar-refractivity contribution >= 4 is 11.8 Å². The van der Waals surface area contributed by atoms with E-state index >= 15 is 0 Å². The molecule has 5 rings (SSSR count). The number of amides is 2. The maximum absolute atomic E-state index is 12.9. The number of rotatable bonds is 10. The average Bonchev–Trinajstić information content (AvgIpc) is 3.33. The lowest BCUT2D eigenvalue weighted by atomic mass is 9.72. The standard InChI is InChI=1S/C31H38N4O4/c1-2-21-9-10-28-24(15-21)26(17-31(39-28)11-5-12-31)33-19-27(36)25(16-22-6-3-7-23(14-22)18-32)34-29(37)20-35-13-4-8-30(35)38/h3,6-7,9-10,14-15,25-27,33,36H,2,4-5,8,11-13,16-17,19-20H2,1H3,(H,34,37)/t25-,26-,27+/m0/s1. The fourth-order valence-corrected chi connectivity index (χ4v) is 6.01. The molecule has 0 bridgehead atoms. The van der Waals surface area contributed by atoms with Crippen molar-refractivity contribution in [2.24, 2.45) is 0 Å². The molecule has 2 aromatic carbocycles. The van der Waals surface area contributed by atoms with Crippen molar-refractivity contribution < 1.29 is 19.4 Å². The van der Waals surface area contributed by atoms with Crippen LogP contribution >= 0.6 is 0 Å². The number of nitriles is 1. The molecule has 1 aliphatic carbocycles. The second-order valence-corrected chi connectivity index (χ2v) is 11.2. The third-order valence-corrected chi connectivity index (χ3v) is 8.43. The molecule has 1 spiro atoms. The number of benzene rings is 2. The van der Waals surface area contributed by atoms with Gasteiger partial charge in [-0.05, 0) is 67.9 Å². The van der Waals surface area contributed by atoms with Crippen LogP contribution in [0.2, 0.25) is 0 Å². The fourth-order valence-electron chi connectivity index (χ4n) is 6.01. The molecule has 3 atom stereocenters. The molecule has 0 aromatic heterocycles. The maximum Gasteiger partial charge on any atom is 0.239 e. The molecule has 3 N–H and O–H groups in total. The first kappa shape index (κ1) is 27.2. The number of ether oxygens (including phenoxy) is 1. The van der Waals surface area contributed by atoms with Crippen LogP contribution < -0.4 is 15.4 Å². The molecule has 3 aliphatic rings. The van der Waals surface area contributed by atoms with Crippen LogP contribution in [0.3, 0.4) is 0 Å². The number of nitrogens with one attached hydrogen (secondary N) is 2. The number of hydrogen-bond donors (Lipinski definition) is 3. The van der Waals surface area contributed by atoms with Gasteiger partial charge in [0.15, 0.2) is 0 Å². The van der Waals surface area contributed by atoms with Gasteiger partial charge in [0.2, 0.25) is 11.8 Å². The summed E-state index contributed by atoms with van der Waals surface area (Å²) in [6.07, 6.45) is 5.72. The van der Waals surface area contributed by atoms with Crippen LogP contribution in [0.25, 0.3) is 0 Å². The highest BCUT2D eigenvalue weighted by molar-refractivity contribution is 5.86. The first-order valence-electron chi connectivity index (χ1n) is 14.2. The Labute approximate surface area is 230 Å². The largest absolute Gasteiger partial charge is 0.487 e. The minimum absolute atomic E-state index is 0.0105. The average molecular weight is 531 g/mol. The molecular weight excluding hydrogens is 492 g/mol. The van der Waals surface area contributed by atoms with E-state index in [0.29, 0.717) is 24.9 Å². The van der Waals surface area contributed by atoms with Gasteiger partial charge in [-0.15, -0.1) is 0 Å². The van der Waals surface area contributed by atoms with Crippen molar-refractivity contribution in [2.45, 2.75) is 82.1 Å². The van der Waals surface area contributed by atoms with Crippen LogP contribution in [0.1, 0.15) is 73.7 Å². The number of aryl methyl sites for hydroxylation is 1. The van der Waals surface area contributed by atoms with Crippen LogP contribution in [0, 0.1) is 11.3 Å². The summed E-state index contributed by atoms with van der Waals surface area (Å²) in [6.45, 7) is 2.98. The molecule has 1 saturated carbocycles. The van der Waals surface area contributed by atoms with E-state index in [4.69, 9.17) is 4.74 Å². The van der Waals surface area contributed by atoms with E-state index in [9.17, 15) is 20.0 Å². The van der Waals surface area contributed by atoms with Gasteiger partial charge in [0.1, 0.15) is 11.4 Å². The van der Waals surface area contributed by atoms with Crippen LogP contribution in [0.15, 0.2) is 42.5 Å². The Balaban J connectivity index is 1.30. The highest BCUT2D eigenvalue weighted by Gasteiger charge is 2.45. The predicted molar refractivity (Wildman–Crippen MR) is 147 cm³/mol. The number of nitrogens with zero attached hydrogens (tertiary/aromatic N) is 2. The van der Waals surface area contributed by atoms with Gasteiger partial charge in [0.25, 0.3) is 0 Å². The Morgan fingerprint density at radius 1 is 1.23 bits per heavy atom. The Morgan fingerprint density at radius 3 is 2.77 bits per heavy atom. The van der Waals surface area contributed by atoms with E-state index < -0.39 is 12.1 Å². The summed E-state index contributed by atoms with van der Waals surface area (Å²) in [5.74, 6) is 0.613. The quantitative estimate of drug-likeness (QED) is 0.435. The molecular formula is C31H38N4O4. The minimum Gasteiger partial charge on any atom is -0.487 e. The Hall–Kier alpha value is -3.41. The molecule has 8 heteroatoms. The van der Waals surface area contributed by atoms with E-state index in [-0.39, 0.29) is 36.5 Å². The van der Waals surface area contributed by atoms with Gasteiger partial charge in [-0.3, -0.25) is 9.59 Å². The topological polar surface area (TPSA) is 115 Å². The van der Waals surface area contributed by atoms with Crippen molar-refractivity contribution in [2.75, 3.05) is 19.6 Å². The van der Waals surface area contributed by atoms with Crippen molar-refractivity contribution in [3.63, 3.8) is 0 Å². The lowest BCUT2D eigenvalue weighted by Crippen LogP contribution is -2.53. The van der Waals surface area contributed by atoms with Crippen LogP contribution in [0.4, 0.5) is 0 Å².